The molecule has 96 valence electrons. The van der Waals surface area contributed by atoms with Gasteiger partial charge in [0.2, 0.25) is 0 Å². The third-order valence-electron chi connectivity index (χ3n) is 2.58. The van der Waals surface area contributed by atoms with Crippen molar-refractivity contribution in [1.29, 1.82) is 0 Å². The van der Waals surface area contributed by atoms with Gasteiger partial charge in [-0.25, -0.2) is 4.79 Å². The molecular formula is C13H15BrN2O2. The number of fused-ring (bicyclic) bond motifs is 1. The Morgan fingerprint density at radius 2 is 1.94 bits per heavy atom. The van der Waals surface area contributed by atoms with E-state index >= 15 is 0 Å². The number of hydrogen-bond donors (Lipinski definition) is 1. The van der Waals surface area contributed by atoms with Gasteiger partial charge in [-0.15, -0.1) is 0 Å². The summed E-state index contributed by atoms with van der Waals surface area (Å²) in [4.78, 5) is 26.9. The van der Waals surface area contributed by atoms with Crippen molar-refractivity contribution in [3.8, 4) is 0 Å². The van der Waals surface area contributed by atoms with Crippen molar-refractivity contribution in [2.45, 2.75) is 27.3 Å². The van der Waals surface area contributed by atoms with E-state index in [4.69, 9.17) is 0 Å². The SMILES string of the molecule is CC(C)(C)Cn1c(=O)[nH]c2cc(Br)ccc2c1=O. The molecule has 0 aliphatic rings. The van der Waals surface area contributed by atoms with E-state index in [2.05, 4.69) is 20.9 Å². The molecule has 0 aliphatic carbocycles. The zero-order valence-electron chi connectivity index (χ0n) is 10.6. The van der Waals surface area contributed by atoms with Crippen molar-refractivity contribution >= 4 is 26.8 Å². The summed E-state index contributed by atoms with van der Waals surface area (Å²) in [5, 5.41) is 0.530. The van der Waals surface area contributed by atoms with Gasteiger partial charge in [-0.3, -0.25) is 9.36 Å². The number of aromatic amines is 1. The molecule has 4 nitrogen and oxygen atoms in total. The summed E-state index contributed by atoms with van der Waals surface area (Å²) in [6, 6.07) is 5.25. The van der Waals surface area contributed by atoms with Crippen LogP contribution in [0.5, 0.6) is 0 Å². The zero-order chi connectivity index (χ0) is 13.5. The lowest BCUT2D eigenvalue weighted by Crippen LogP contribution is -2.38. The van der Waals surface area contributed by atoms with Gasteiger partial charge in [0.25, 0.3) is 5.56 Å². The van der Waals surface area contributed by atoms with Crippen LogP contribution in [0.25, 0.3) is 10.9 Å². The Kier molecular flexibility index (Phi) is 3.19. The van der Waals surface area contributed by atoms with Crippen LogP contribution in [-0.2, 0) is 6.54 Å². The highest BCUT2D eigenvalue weighted by molar-refractivity contribution is 9.10. The largest absolute Gasteiger partial charge is 0.328 e. The van der Waals surface area contributed by atoms with Crippen LogP contribution in [0.3, 0.4) is 0 Å². The number of nitrogens with zero attached hydrogens (tertiary/aromatic N) is 1. The van der Waals surface area contributed by atoms with Gasteiger partial charge >= 0.3 is 5.69 Å². The highest BCUT2D eigenvalue weighted by atomic mass is 79.9. The van der Waals surface area contributed by atoms with Gasteiger partial charge in [-0.2, -0.15) is 0 Å². The number of rotatable bonds is 1. The molecule has 0 saturated heterocycles. The van der Waals surface area contributed by atoms with Crippen LogP contribution < -0.4 is 11.2 Å². The number of halogens is 1. The summed E-state index contributed by atoms with van der Waals surface area (Å²) < 4.78 is 2.09. The zero-order valence-corrected chi connectivity index (χ0v) is 12.2. The minimum atomic E-state index is -0.361. The Hall–Kier alpha value is -1.36. The summed E-state index contributed by atoms with van der Waals surface area (Å²) in [6.07, 6.45) is 0. The van der Waals surface area contributed by atoms with E-state index in [9.17, 15) is 9.59 Å². The quantitative estimate of drug-likeness (QED) is 0.880. The van der Waals surface area contributed by atoms with Crippen LogP contribution in [0, 0.1) is 5.41 Å². The van der Waals surface area contributed by atoms with E-state index in [0.29, 0.717) is 17.4 Å². The molecule has 0 bridgehead atoms. The predicted octanol–water partition coefficient (Wildman–Crippen LogP) is 2.50. The van der Waals surface area contributed by atoms with Crippen molar-refractivity contribution in [2.24, 2.45) is 5.41 Å². The molecule has 0 amide bonds. The smallest absolute Gasteiger partial charge is 0.307 e. The van der Waals surface area contributed by atoms with Crippen molar-refractivity contribution in [3.63, 3.8) is 0 Å². The third kappa shape index (κ3) is 2.56. The fourth-order valence-electron chi connectivity index (χ4n) is 1.84. The molecule has 0 aliphatic heterocycles. The van der Waals surface area contributed by atoms with Gasteiger partial charge in [0.1, 0.15) is 0 Å². The van der Waals surface area contributed by atoms with E-state index in [1.54, 1.807) is 18.2 Å². The van der Waals surface area contributed by atoms with Crippen LogP contribution in [0.15, 0.2) is 32.3 Å². The minimum absolute atomic E-state index is 0.125. The average molecular weight is 311 g/mol. The van der Waals surface area contributed by atoms with Crippen molar-refractivity contribution in [1.82, 2.24) is 9.55 Å². The molecule has 0 saturated carbocycles. The Morgan fingerprint density at radius 3 is 2.56 bits per heavy atom. The highest BCUT2D eigenvalue weighted by Gasteiger charge is 2.15. The van der Waals surface area contributed by atoms with Crippen LogP contribution in [-0.4, -0.2) is 9.55 Å². The molecule has 0 atom stereocenters. The van der Waals surface area contributed by atoms with Gasteiger partial charge in [0, 0.05) is 11.0 Å². The maximum absolute atomic E-state index is 12.3. The first-order chi connectivity index (χ1) is 8.28. The van der Waals surface area contributed by atoms with Crippen LogP contribution >= 0.6 is 15.9 Å². The fraction of sp³-hybridized carbons (Fsp3) is 0.385. The number of hydrogen-bond acceptors (Lipinski definition) is 2. The highest BCUT2D eigenvalue weighted by Crippen LogP contribution is 2.16. The summed E-state index contributed by atoms with van der Waals surface area (Å²) in [7, 11) is 0. The van der Waals surface area contributed by atoms with E-state index in [-0.39, 0.29) is 16.7 Å². The van der Waals surface area contributed by atoms with Gasteiger partial charge in [-0.1, -0.05) is 36.7 Å². The van der Waals surface area contributed by atoms with Crippen LogP contribution in [0.4, 0.5) is 0 Å². The second kappa shape index (κ2) is 4.39. The van der Waals surface area contributed by atoms with Gasteiger partial charge in [0.15, 0.2) is 0 Å². The van der Waals surface area contributed by atoms with Crippen LogP contribution in [0.1, 0.15) is 20.8 Å². The second-order valence-corrected chi connectivity index (χ2v) is 6.49. The van der Waals surface area contributed by atoms with E-state index in [0.717, 1.165) is 4.47 Å². The lowest BCUT2D eigenvalue weighted by Gasteiger charge is -2.19. The topological polar surface area (TPSA) is 54.9 Å². The number of benzene rings is 1. The summed E-state index contributed by atoms with van der Waals surface area (Å²) in [6.45, 7) is 6.37. The summed E-state index contributed by atoms with van der Waals surface area (Å²) >= 11 is 3.32. The van der Waals surface area contributed by atoms with Crippen molar-refractivity contribution < 1.29 is 0 Å². The van der Waals surface area contributed by atoms with Crippen LogP contribution in [0.2, 0.25) is 0 Å². The lowest BCUT2D eigenvalue weighted by atomic mass is 9.97. The van der Waals surface area contributed by atoms with Crippen molar-refractivity contribution in [3.05, 3.63) is 43.5 Å². The number of nitrogens with one attached hydrogen (secondary N) is 1. The first-order valence-electron chi connectivity index (χ1n) is 5.70. The monoisotopic (exact) mass is 310 g/mol. The van der Waals surface area contributed by atoms with E-state index in [1.807, 2.05) is 20.8 Å². The summed E-state index contributed by atoms with van der Waals surface area (Å²) in [5.74, 6) is 0. The molecule has 5 heteroatoms. The van der Waals surface area contributed by atoms with E-state index < -0.39 is 0 Å². The first kappa shape index (κ1) is 13.1. The Bertz CT molecular complexity index is 707. The number of aromatic nitrogens is 2. The van der Waals surface area contributed by atoms with Crippen molar-refractivity contribution in [2.75, 3.05) is 0 Å². The average Bonchev–Trinajstić information content (AvgIpc) is 2.22. The predicted molar refractivity (Wildman–Crippen MR) is 76.0 cm³/mol. The molecular weight excluding hydrogens is 296 g/mol. The fourth-order valence-corrected chi connectivity index (χ4v) is 2.21. The Morgan fingerprint density at radius 1 is 1.28 bits per heavy atom. The minimum Gasteiger partial charge on any atom is -0.307 e. The Balaban J connectivity index is 2.74. The van der Waals surface area contributed by atoms with Gasteiger partial charge in [0.05, 0.1) is 10.9 Å². The molecule has 0 radical (unpaired) electrons. The lowest BCUT2D eigenvalue weighted by molar-refractivity contribution is 0.332. The number of H-pyrrole nitrogens is 1. The molecule has 0 fully saturated rings. The second-order valence-electron chi connectivity index (χ2n) is 5.57. The van der Waals surface area contributed by atoms with Gasteiger partial charge < -0.3 is 4.98 Å². The molecule has 2 rings (SSSR count). The molecule has 1 heterocycles. The first-order valence-corrected chi connectivity index (χ1v) is 6.50. The van der Waals surface area contributed by atoms with Gasteiger partial charge in [-0.05, 0) is 23.6 Å². The summed E-state index contributed by atoms with van der Waals surface area (Å²) in [5.41, 5.74) is -0.166. The molecule has 18 heavy (non-hydrogen) atoms. The standard InChI is InChI=1S/C13H15BrN2O2/c1-13(2,3)7-16-11(17)9-5-4-8(14)6-10(9)15-12(16)18/h4-6H,7H2,1-3H3,(H,15,18). The van der Waals surface area contributed by atoms with E-state index in [1.165, 1.54) is 4.57 Å². The third-order valence-corrected chi connectivity index (χ3v) is 3.07. The normalized spacial score (nSPS) is 12.0. The molecule has 1 aromatic heterocycles. The molecule has 2 aromatic rings. The maximum Gasteiger partial charge on any atom is 0.328 e. The maximum atomic E-state index is 12.3. The molecule has 1 N–H and O–H groups in total. The molecule has 0 spiro atoms. The molecule has 0 unspecified atom stereocenters. The molecule has 1 aromatic carbocycles. The Labute approximate surface area is 113 Å².